The van der Waals surface area contributed by atoms with Gasteiger partial charge in [-0.2, -0.15) is 0 Å². The Bertz CT molecular complexity index is 904. The van der Waals surface area contributed by atoms with E-state index in [0.717, 1.165) is 45.4 Å². The number of aromatic amines is 1. The molecule has 29 heavy (non-hydrogen) atoms. The van der Waals surface area contributed by atoms with Crippen LogP contribution in [0.1, 0.15) is 56.4 Å². The summed E-state index contributed by atoms with van der Waals surface area (Å²) in [4.78, 5) is 20.9. The zero-order chi connectivity index (χ0) is 20.7. The first kappa shape index (κ1) is 21.0. The molecule has 0 saturated carbocycles. The summed E-state index contributed by atoms with van der Waals surface area (Å²) in [7, 11) is 0. The lowest BCUT2D eigenvalue weighted by Crippen LogP contribution is -2.58. The number of rotatable bonds is 5. The highest BCUT2D eigenvalue weighted by atomic mass is 127. The van der Waals surface area contributed by atoms with Gasteiger partial charge in [-0.1, -0.05) is 6.92 Å². The van der Waals surface area contributed by atoms with E-state index in [4.69, 9.17) is 0 Å². The van der Waals surface area contributed by atoms with Gasteiger partial charge in [0.1, 0.15) is 0 Å². The van der Waals surface area contributed by atoms with E-state index in [9.17, 15) is 4.79 Å². The number of nitrogens with one attached hydrogen (secondary N) is 2. The molecule has 1 aliphatic carbocycles. The molecule has 0 spiro atoms. The maximum Gasteiger partial charge on any atom is 0.317 e. The van der Waals surface area contributed by atoms with Crippen LogP contribution in [0.5, 0.6) is 0 Å². The average molecular weight is 508 g/mol. The first-order chi connectivity index (χ1) is 14.0. The molecule has 1 aromatic carbocycles. The quantitative estimate of drug-likeness (QED) is 0.579. The van der Waals surface area contributed by atoms with Gasteiger partial charge in [-0.25, -0.2) is 4.79 Å². The molecule has 2 N–H and O–H groups in total. The Morgan fingerprint density at radius 1 is 1.31 bits per heavy atom. The summed E-state index contributed by atoms with van der Waals surface area (Å²) < 4.78 is 1.29. The normalized spacial score (nSPS) is 23.8. The van der Waals surface area contributed by atoms with Crippen molar-refractivity contribution in [1.82, 2.24) is 20.1 Å². The summed E-state index contributed by atoms with van der Waals surface area (Å²) in [6.07, 6.45) is 3.28. The number of carbonyl (C=O) groups excluding carboxylic acids is 1. The molecule has 1 aliphatic heterocycles. The van der Waals surface area contributed by atoms with E-state index in [0.29, 0.717) is 12.0 Å². The van der Waals surface area contributed by atoms with Gasteiger partial charge in [0.2, 0.25) is 0 Å². The second kappa shape index (κ2) is 8.46. The molecule has 1 unspecified atom stereocenters. The number of benzene rings is 1. The van der Waals surface area contributed by atoms with Crippen molar-refractivity contribution >= 4 is 39.5 Å². The smallest absolute Gasteiger partial charge is 0.317 e. The van der Waals surface area contributed by atoms with Gasteiger partial charge in [-0.3, -0.25) is 4.90 Å². The molecule has 2 amide bonds. The molecule has 3 atom stereocenters. The molecule has 6 heteroatoms. The van der Waals surface area contributed by atoms with Crippen molar-refractivity contribution in [3.05, 3.63) is 32.5 Å². The number of halogens is 1. The zero-order valence-electron chi connectivity index (χ0n) is 18.0. The number of fused-ring (bicyclic) bond motifs is 2. The van der Waals surface area contributed by atoms with Crippen molar-refractivity contribution in [2.75, 3.05) is 26.2 Å². The molecule has 0 radical (unpaired) electrons. The van der Waals surface area contributed by atoms with E-state index in [1.807, 2.05) is 18.7 Å². The van der Waals surface area contributed by atoms with Gasteiger partial charge in [-0.15, -0.1) is 0 Å². The number of aromatic nitrogens is 1. The lowest BCUT2D eigenvalue weighted by atomic mass is 9.73. The number of likely N-dealkylation sites (tertiary alicyclic amines) is 1. The Labute approximate surface area is 187 Å². The van der Waals surface area contributed by atoms with Gasteiger partial charge >= 0.3 is 6.03 Å². The number of amides is 2. The highest BCUT2D eigenvalue weighted by Crippen LogP contribution is 2.45. The number of H-pyrrole nitrogens is 1. The summed E-state index contributed by atoms with van der Waals surface area (Å²) in [5.74, 6) is 0.470. The van der Waals surface area contributed by atoms with Crippen LogP contribution < -0.4 is 5.32 Å². The third-order valence-electron chi connectivity index (χ3n) is 6.84. The summed E-state index contributed by atoms with van der Waals surface area (Å²) in [6.45, 7) is 12.1. The molecule has 158 valence electrons. The highest BCUT2D eigenvalue weighted by molar-refractivity contribution is 14.1. The number of nitrogens with zero attached hydrogens (tertiary/aromatic N) is 2. The first-order valence-corrected chi connectivity index (χ1v) is 12.1. The fraction of sp³-hybridized carbons (Fsp3) is 0.609. The van der Waals surface area contributed by atoms with Crippen molar-refractivity contribution in [2.45, 2.75) is 65.0 Å². The van der Waals surface area contributed by atoms with Crippen LogP contribution in [-0.4, -0.2) is 59.1 Å². The number of hydrogen-bond donors (Lipinski definition) is 2. The first-order valence-electron chi connectivity index (χ1n) is 11.1. The number of aryl methyl sites for hydroxylation is 1. The molecule has 2 heterocycles. The summed E-state index contributed by atoms with van der Waals surface area (Å²) >= 11 is 2.44. The van der Waals surface area contributed by atoms with Crippen molar-refractivity contribution in [1.29, 1.82) is 0 Å². The van der Waals surface area contributed by atoms with Gasteiger partial charge in [0.05, 0.1) is 0 Å². The van der Waals surface area contributed by atoms with E-state index in [1.165, 1.54) is 31.3 Å². The number of urea groups is 1. The maximum atomic E-state index is 12.7. The van der Waals surface area contributed by atoms with Gasteiger partial charge in [0.25, 0.3) is 0 Å². The molecule has 1 saturated heterocycles. The predicted molar refractivity (Wildman–Crippen MR) is 128 cm³/mol. The fourth-order valence-corrected chi connectivity index (χ4v) is 6.17. The molecular weight excluding hydrogens is 475 g/mol. The minimum Gasteiger partial charge on any atom is -0.358 e. The van der Waals surface area contributed by atoms with Gasteiger partial charge in [0, 0.05) is 57.8 Å². The highest BCUT2D eigenvalue weighted by Gasteiger charge is 2.41. The Morgan fingerprint density at radius 2 is 2.07 bits per heavy atom. The second-order valence-electron chi connectivity index (χ2n) is 8.57. The Kier molecular flexibility index (Phi) is 6.11. The van der Waals surface area contributed by atoms with E-state index in [-0.39, 0.29) is 12.1 Å². The molecule has 5 nitrogen and oxygen atoms in total. The van der Waals surface area contributed by atoms with Crippen molar-refractivity contribution < 1.29 is 4.79 Å². The lowest BCUT2D eigenvalue weighted by molar-refractivity contribution is 0.0978. The Balaban J connectivity index is 1.69. The van der Waals surface area contributed by atoms with Crippen LogP contribution in [0, 0.1) is 10.5 Å². The van der Waals surface area contributed by atoms with Crippen LogP contribution in [0.2, 0.25) is 0 Å². The van der Waals surface area contributed by atoms with Crippen LogP contribution in [0.3, 0.4) is 0 Å². The topological polar surface area (TPSA) is 51.4 Å². The van der Waals surface area contributed by atoms with E-state index < -0.39 is 0 Å². The van der Waals surface area contributed by atoms with E-state index >= 15 is 0 Å². The van der Waals surface area contributed by atoms with E-state index in [1.54, 1.807) is 0 Å². The SMILES string of the molecule is CCCN1C[C@@H](NC(=O)N(CC)CC)CC2c3cc(I)cc4[nH]c(C)c(c34)C[C@H]21. The molecule has 4 rings (SSSR count). The summed E-state index contributed by atoms with van der Waals surface area (Å²) in [5.41, 5.74) is 5.56. The van der Waals surface area contributed by atoms with Gasteiger partial charge in [0.15, 0.2) is 0 Å². The minimum absolute atomic E-state index is 0.0803. The van der Waals surface area contributed by atoms with Crippen LogP contribution in [0.15, 0.2) is 12.1 Å². The van der Waals surface area contributed by atoms with Gasteiger partial charge < -0.3 is 15.2 Å². The monoisotopic (exact) mass is 508 g/mol. The molecule has 2 aromatic rings. The summed E-state index contributed by atoms with van der Waals surface area (Å²) in [5, 5.41) is 4.79. The van der Waals surface area contributed by atoms with Gasteiger partial charge in [-0.05, 0) is 92.4 Å². The number of piperidine rings is 1. The number of hydrogen-bond acceptors (Lipinski definition) is 2. The molecule has 1 fully saturated rings. The van der Waals surface area contributed by atoms with E-state index in [2.05, 4.69) is 63.8 Å². The largest absolute Gasteiger partial charge is 0.358 e. The zero-order valence-corrected chi connectivity index (χ0v) is 20.2. The molecule has 0 bridgehead atoms. The van der Waals surface area contributed by atoms with Crippen LogP contribution in [-0.2, 0) is 6.42 Å². The molecular formula is C23H33IN4O. The lowest BCUT2D eigenvalue weighted by Gasteiger charge is -2.47. The van der Waals surface area contributed by atoms with Crippen LogP contribution in [0.25, 0.3) is 10.9 Å². The standard InChI is InChI=1S/C23H33IN4O/c1-5-8-28-13-16(26-23(29)27(6-2)7-3)11-18-19-9-15(24)10-20-22(19)17(12-21(18)28)14(4)25-20/h9-10,16,18,21,25H,5-8,11-13H2,1-4H3,(H,26,29)/t16-,18?,21+/m0/s1. The Hall–Kier alpha value is -1.28. The van der Waals surface area contributed by atoms with Crippen LogP contribution in [0.4, 0.5) is 4.79 Å². The predicted octanol–water partition coefficient (Wildman–Crippen LogP) is 4.62. The molecule has 1 aromatic heterocycles. The Morgan fingerprint density at radius 3 is 2.76 bits per heavy atom. The second-order valence-corrected chi connectivity index (χ2v) is 9.82. The van der Waals surface area contributed by atoms with Crippen molar-refractivity contribution in [2.24, 2.45) is 0 Å². The minimum atomic E-state index is 0.0803. The third-order valence-corrected chi connectivity index (χ3v) is 7.46. The fourth-order valence-electron chi connectivity index (χ4n) is 5.53. The van der Waals surface area contributed by atoms with Crippen molar-refractivity contribution in [3.63, 3.8) is 0 Å². The van der Waals surface area contributed by atoms with Crippen LogP contribution >= 0.6 is 22.6 Å². The molecule has 2 aliphatic rings. The van der Waals surface area contributed by atoms with Crippen molar-refractivity contribution in [3.8, 4) is 0 Å². The summed E-state index contributed by atoms with van der Waals surface area (Å²) in [6, 6.07) is 5.46. The average Bonchev–Trinajstić information content (AvgIpc) is 2.99. The number of carbonyl (C=O) groups is 1. The third kappa shape index (κ3) is 3.78. The maximum absolute atomic E-state index is 12.7.